The molecular weight excluding hydrogens is 364 g/mol. The molecule has 132 valence electrons. The topological polar surface area (TPSA) is 71.9 Å². The van der Waals surface area contributed by atoms with E-state index in [2.05, 4.69) is 4.98 Å². The number of hydrogen-bond acceptors (Lipinski definition) is 3. The Morgan fingerprint density at radius 1 is 0.889 bits per heavy atom. The molecule has 3 aromatic carbocycles. The molecule has 4 aromatic rings. The van der Waals surface area contributed by atoms with E-state index in [4.69, 9.17) is 11.6 Å². The summed E-state index contributed by atoms with van der Waals surface area (Å²) < 4.78 is 0.967. The number of aromatic nitrogens is 2. The monoisotopic (exact) mass is 376 g/mol. The number of nitrogens with one attached hydrogen (secondary N) is 1. The maximum Gasteiger partial charge on any atom is 0.333 e. The smallest absolute Gasteiger partial charge is 0.306 e. The summed E-state index contributed by atoms with van der Waals surface area (Å²) in [7, 11) is 0. The maximum atomic E-state index is 13.0. The minimum Gasteiger partial charge on any atom is -0.306 e. The van der Waals surface area contributed by atoms with Gasteiger partial charge < -0.3 is 4.98 Å². The van der Waals surface area contributed by atoms with Crippen LogP contribution in [-0.4, -0.2) is 15.3 Å². The Bertz CT molecular complexity index is 1290. The minimum atomic E-state index is -0.622. The maximum absolute atomic E-state index is 13.0. The van der Waals surface area contributed by atoms with E-state index in [-0.39, 0.29) is 22.4 Å². The van der Waals surface area contributed by atoms with E-state index in [0.29, 0.717) is 16.1 Å². The molecule has 0 aliphatic heterocycles. The molecule has 0 aliphatic carbocycles. The van der Waals surface area contributed by atoms with Crippen LogP contribution in [0, 0.1) is 0 Å². The van der Waals surface area contributed by atoms with Gasteiger partial charge in [0.1, 0.15) is 0 Å². The second kappa shape index (κ2) is 6.70. The van der Waals surface area contributed by atoms with Gasteiger partial charge >= 0.3 is 5.69 Å². The fourth-order valence-electron chi connectivity index (χ4n) is 3.01. The zero-order chi connectivity index (χ0) is 19.0. The third-order valence-corrected chi connectivity index (χ3v) is 4.52. The highest BCUT2D eigenvalue weighted by molar-refractivity contribution is 6.31. The number of hydrogen-bond donors (Lipinski definition) is 1. The van der Waals surface area contributed by atoms with Crippen LogP contribution in [0.4, 0.5) is 0 Å². The van der Waals surface area contributed by atoms with E-state index in [1.807, 2.05) is 6.07 Å². The Morgan fingerprint density at radius 2 is 1.59 bits per heavy atom. The van der Waals surface area contributed by atoms with Crippen molar-refractivity contribution in [3.63, 3.8) is 0 Å². The van der Waals surface area contributed by atoms with E-state index in [1.54, 1.807) is 60.7 Å². The highest BCUT2D eigenvalue weighted by Crippen LogP contribution is 2.18. The molecule has 0 amide bonds. The highest BCUT2D eigenvalue weighted by Gasteiger charge is 2.18. The zero-order valence-electron chi connectivity index (χ0n) is 14.0. The minimum absolute atomic E-state index is 0.222. The fraction of sp³-hybridized carbons (Fsp3) is 0. The van der Waals surface area contributed by atoms with Crippen LogP contribution in [0.3, 0.4) is 0 Å². The first-order valence-corrected chi connectivity index (χ1v) is 8.58. The van der Waals surface area contributed by atoms with Gasteiger partial charge in [0.25, 0.3) is 5.56 Å². The molecular formula is C21H13ClN2O3. The van der Waals surface area contributed by atoms with Crippen LogP contribution in [0.2, 0.25) is 5.02 Å². The number of benzene rings is 3. The number of nitrogens with zero attached hydrogens (tertiary/aromatic N) is 1. The Labute approximate surface area is 158 Å². The predicted molar refractivity (Wildman–Crippen MR) is 105 cm³/mol. The summed E-state index contributed by atoms with van der Waals surface area (Å²) in [5.74, 6) is -0.274. The van der Waals surface area contributed by atoms with Gasteiger partial charge in [-0.2, -0.15) is 0 Å². The number of ketones is 1. The fourth-order valence-corrected chi connectivity index (χ4v) is 3.18. The highest BCUT2D eigenvalue weighted by atomic mass is 35.5. The van der Waals surface area contributed by atoms with Crippen LogP contribution >= 0.6 is 11.6 Å². The Kier molecular flexibility index (Phi) is 4.22. The average molecular weight is 377 g/mol. The number of rotatable bonds is 3. The van der Waals surface area contributed by atoms with Crippen molar-refractivity contribution in [3.05, 3.63) is 110 Å². The van der Waals surface area contributed by atoms with Gasteiger partial charge in [-0.25, -0.2) is 9.36 Å². The van der Waals surface area contributed by atoms with E-state index in [1.165, 1.54) is 6.07 Å². The van der Waals surface area contributed by atoms with Crippen LogP contribution in [-0.2, 0) is 0 Å². The molecule has 0 atom stereocenters. The van der Waals surface area contributed by atoms with Crippen LogP contribution in [0.15, 0.2) is 82.4 Å². The van der Waals surface area contributed by atoms with Crippen LogP contribution < -0.4 is 11.2 Å². The molecule has 0 fully saturated rings. The Balaban J connectivity index is 2.00. The van der Waals surface area contributed by atoms with Crippen LogP contribution in [0.25, 0.3) is 16.6 Å². The van der Waals surface area contributed by atoms with Crippen molar-refractivity contribution < 1.29 is 4.79 Å². The molecule has 4 rings (SSSR count). The number of halogens is 1. The van der Waals surface area contributed by atoms with Gasteiger partial charge in [-0.3, -0.25) is 9.59 Å². The van der Waals surface area contributed by atoms with Crippen LogP contribution in [0.5, 0.6) is 0 Å². The standard InChI is InChI=1S/C21H13ClN2O3/c22-14-10-11-17-16(12-14)20(26)24(21(27)23-17)18-9-5-4-8-15(18)19(25)13-6-2-1-3-7-13/h1-12H,(H,23,27). The number of fused-ring (bicyclic) bond motifs is 1. The third kappa shape index (κ3) is 2.98. The quantitative estimate of drug-likeness (QED) is 0.556. The Morgan fingerprint density at radius 3 is 2.37 bits per heavy atom. The normalized spacial score (nSPS) is 10.9. The largest absolute Gasteiger partial charge is 0.333 e. The summed E-state index contributed by atoms with van der Waals surface area (Å²) in [6.45, 7) is 0. The zero-order valence-corrected chi connectivity index (χ0v) is 14.7. The van der Waals surface area contributed by atoms with Gasteiger partial charge in [0.15, 0.2) is 5.78 Å². The van der Waals surface area contributed by atoms with Gasteiger partial charge in [-0.15, -0.1) is 0 Å². The predicted octanol–water partition coefficient (Wildman–Crippen LogP) is 3.56. The van der Waals surface area contributed by atoms with Gasteiger partial charge in [-0.05, 0) is 30.3 Å². The lowest BCUT2D eigenvalue weighted by molar-refractivity contribution is 0.103. The molecule has 0 spiro atoms. The first-order valence-electron chi connectivity index (χ1n) is 8.20. The SMILES string of the molecule is O=C(c1ccccc1)c1ccccc1-n1c(=O)[nH]c2ccc(Cl)cc2c1=O. The van der Waals surface area contributed by atoms with Crippen molar-refractivity contribution in [1.29, 1.82) is 0 Å². The average Bonchev–Trinajstić information content (AvgIpc) is 2.69. The molecule has 0 unspecified atom stereocenters. The second-order valence-corrected chi connectivity index (χ2v) is 6.41. The first kappa shape index (κ1) is 17.0. The molecule has 5 nitrogen and oxygen atoms in total. The van der Waals surface area contributed by atoms with Gasteiger partial charge in [0.2, 0.25) is 0 Å². The van der Waals surface area contributed by atoms with E-state index >= 15 is 0 Å². The van der Waals surface area contributed by atoms with Crippen molar-refractivity contribution in [1.82, 2.24) is 9.55 Å². The van der Waals surface area contributed by atoms with Crippen molar-refractivity contribution in [2.24, 2.45) is 0 Å². The molecule has 0 saturated carbocycles. The Hall–Kier alpha value is -3.44. The van der Waals surface area contributed by atoms with E-state index in [0.717, 1.165) is 4.57 Å². The summed E-state index contributed by atoms with van der Waals surface area (Å²) in [5, 5.41) is 0.649. The lowest BCUT2D eigenvalue weighted by Gasteiger charge is -2.11. The van der Waals surface area contributed by atoms with Crippen LogP contribution in [0.1, 0.15) is 15.9 Å². The molecule has 6 heteroatoms. The van der Waals surface area contributed by atoms with Gasteiger partial charge in [0.05, 0.1) is 16.6 Å². The molecule has 1 N–H and O–H groups in total. The molecule has 1 heterocycles. The first-order chi connectivity index (χ1) is 13.1. The molecule has 0 aliphatic rings. The summed E-state index contributed by atoms with van der Waals surface area (Å²) in [6, 6.07) is 19.9. The lowest BCUT2D eigenvalue weighted by Crippen LogP contribution is -2.34. The van der Waals surface area contributed by atoms with Gasteiger partial charge in [0, 0.05) is 16.1 Å². The summed E-state index contributed by atoms with van der Waals surface area (Å²) in [5.41, 5.74) is 0.181. The van der Waals surface area contributed by atoms with Crippen molar-refractivity contribution in [2.75, 3.05) is 0 Å². The summed E-state index contributed by atoms with van der Waals surface area (Å²) in [6.07, 6.45) is 0. The second-order valence-electron chi connectivity index (χ2n) is 5.97. The third-order valence-electron chi connectivity index (χ3n) is 4.29. The number of H-pyrrole nitrogens is 1. The summed E-state index contributed by atoms with van der Waals surface area (Å²) >= 11 is 6.00. The van der Waals surface area contributed by atoms with E-state index in [9.17, 15) is 14.4 Å². The van der Waals surface area contributed by atoms with Crippen molar-refractivity contribution in [3.8, 4) is 5.69 Å². The van der Waals surface area contributed by atoms with E-state index < -0.39 is 11.2 Å². The van der Waals surface area contributed by atoms with Crippen molar-refractivity contribution in [2.45, 2.75) is 0 Å². The molecule has 0 radical (unpaired) electrons. The van der Waals surface area contributed by atoms with Gasteiger partial charge in [-0.1, -0.05) is 54.1 Å². The molecule has 0 saturated heterocycles. The summed E-state index contributed by atoms with van der Waals surface area (Å²) in [4.78, 5) is 41.2. The lowest BCUT2D eigenvalue weighted by atomic mass is 10.0. The molecule has 0 bridgehead atoms. The number of carbonyl (C=O) groups excluding carboxylic acids is 1. The number of aromatic amines is 1. The number of para-hydroxylation sites is 1. The molecule has 27 heavy (non-hydrogen) atoms. The van der Waals surface area contributed by atoms with Crippen molar-refractivity contribution >= 4 is 28.3 Å². The number of carbonyl (C=O) groups is 1. The molecule has 1 aromatic heterocycles.